The number of nitrogens with zero attached hydrogens (tertiary/aromatic N) is 3. The number of thioether (sulfide) groups is 3. The van der Waals surface area contributed by atoms with Crippen LogP contribution in [0.3, 0.4) is 0 Å². The minimum atomic E-state index is -0.145. The lowest BCUT2D eigenvalue weighted by Crippen LogP contribution is -2.48. The van der Waals surface area contributed by atoms with E-state index in [4.69, 9.17) is 0 Å². The maximum Gasteiger partial charge on any atom is 0.205 e. The number of hydrogen-bond acceptors (Lipinski definition) is 3. The van der Waals surface area contributed by atoms with Crippen LogP contribution >= 0.6 is 35.3 Å². The third-order valence-corrected chi connectivity index (χ3v) is 21.2. The molecule has 0 saturated heterocycles. The van der Waals surface area contributed by atoms with E-state index in [9.17, 15) is 0 Å². The molecule has 0 aromatic heterocycles. The fraction of sp³-hybridized carbons (Fsp3) is 0.208. The zero-order chi connectivity index (χ0) is 52.0. The highest BCUT2D eigenvalue weighted by Crippen LogP contribution is 2.62. The Morgan fingerprint density at radius 1 is 0.333 bits per heavy atom. The fourth-order valence-electron chi connectivity index (χ4n) is 14.6. The fourth-order valence-corrected chi connectivity index (χ4v) is 18.2. The Morgan fingerprint density at radius 2 is 0.679 bits per heavy atom. The Kier molecular flexibility index (Phi) is 13.3. The van der Waals surface area contributed by atoms with Gasteiger partial charge in [0.15, 0.2) is 36.3 Å². The lowest BCUT2D eigenvalue weighted by Gasteiger charge is -2.57. The second kappa shape index (κ2) is 21.0. The summed E-state index contributed by atoms with van der Waals surface area (Å²) >= 11 is 5.92. The summed E-state index contributed by atoms with van der Waals surface area (Å²) in [4.78, 5) is 4.36. The number of fused-ring (bicyclic) bond motifs is 6. The van der Waals surface area contributed by atoms with Crippen molar-refractivity contribution in [3.05, 3.63) is 263 Å². The maximum absolute atomic E-state index is 2.48. The largest absolute Gasteiger partial charge is 0.205 e. The quantitative estimate of drug-likeness (QED) is 0.154. The van der Waals surface area contributed by atoms with E-state index >= 15 is 0 Å². The van der Waals surface area contributed by atoms with E-state index in [1.54, 1.807) is 10.5 Å². The van der Waals surface area contributed by atoms with Crippen LogP contribution < -0.4 is 0 Å². The molecule has 0 spiro atoms. The van der Waals surface area contributed by atoms with Gasteiger partial charge in [-0.05, 0) is 131 Å². The summed E-state index contributed by atoms with van der Waals surface area (Å²) in [6.07, 6.45) is 15.9. The normalized spacial score (nSPS) is 21.3. The topological polar surface area (TPSA) is 9.03 Å². The highest BCUT2D eigenvalue weighted by atomic mass is 32.2. The molecular formula is C72H64N3S3+3. The summed E-state index contributed by atoms with van der Waals surface area (Å²) in [5, 5.41) is 0. The van der Waals surface area contributed by atoms with E-state index in [-0.39, 0.29) is 5.41 Å². The van der Waals surface area contributed by atoms with Crippen molar-refractivity contribution in [2.24, 2.45) is 17.8 Å². The van der Waals surface area contributed by atoms with Crippen molar-refractivity contribution in [2.75, 3.05) is 17.6 Å². The molecule has 0 radical (unpaired) electrons. The molecule has 5 aliphatic carbocycles. The van der Waals surface area contributed by atoms with Gasteiger partial charge in [-0.3, -0.25) is 0 Å². The van der Waals surface area contributed by atoms with E-state index in [1.165, 1.54) is 121 Å². The molecule has 3 nitrogen and oxygen atoms in total. The van der Waals surface area contributed by atoms with Crippen molar-refractivity contribution >= 4 is 71.0 Å². The van der Waals surface area contributed by atoms with Gasteiger partial charge in [0, 0.05) is 56.5 Å². The lowest BCUT2D eigenvalue weighted by molar-refractivity contribution is -0.411. The average molecular weight is 1070 g/mol. The molecule has 0 unspecified atom stereocenters. The van der Waals surface area contributed by atoms with E-state index in [0.29, 0.717) is 5.41 Å². The van der Waals surface area contributed by atoms with E-state index in [1.807, 2.05) is 23.5 Å². The summed E-state index contributed by atoms with van der Waals surface area (Å²) in [6.45, 7) is 2.40. The van der Waals surface area contributed by atoms with E-state index < -0.39 is 0 Å². The third kappa shape index (κ3) is 9.14. The van der Waals surface area contributed by atoms with Crippen molar-refractivity contribution in [2.45, 2.75) is 71.0 Å². The summed E-state index contributed by atoms with van der Waals surface area (Å²) in [5.41, 5.74) is 19.4. The van der Waals surface area contributed by atoms with Crippen molar-refractivity contribution < 1.29 is 13.7 Å². The van der Waals surface area contributed by atoms with Gasteiger partial charge in [-0.1, -0.05) is 205 Å². The van der Waals surface area contributed by atoms with Gasteiger partial charge in [0.05, 0.1) is 16.7 Å². The van der Waals surface area contributed by atoms with Crippen LogP contribution in [-0.4, -0.2) is 50.0 Å². The number of benzene rings is 9. The zero-order valence-electron chi connectivity index (χ0n) is 44.3. The Morgan fingerprint density at radius 3 is 1.15 bits per heavy atom. The summed E-state index contributed by atoms with van der Waals surface area (Å²) in [5.74, 6) is 5.93. The van der Waals surface area contributed by atoms with Crippen molar-refractivity contribution in [1.82, 2.24) is 0 Å². The number of hydrogen-bond donors (Lipinski definition) is 0. The summed E-state index contributed by atoms with van der Waals surface area (Å²) < 4.78 is 7.05. The first kappa shape index (κ1) is 49.3. The predicted octanol–water partition coefficient (Wildman–Crippen LogP) is 18.0. The molecule has 9 aromatic carbocycles. The van der Waals surface area contributed by atoms with E-state index in [2.05, 4.69) is 276 Å². The van der Waals surface area contributed by atoms with Crippen LogP contribution in [-0.2, 0) is 10.8 Å². The van der Waals surface area contributed by atoms with E-state index in [0.717, 1.165) is 35.4 Å². The third-order valence-electron chi connectivity index (χ3n) is 17.8. The first-order valence-electron chi connectivity index (χ1n) is 28.0. The van der Waals surface area contributed by atoms with Crippen molar-refractivity contribution in [3.63, 3.8) is 0 Å². The highest BCUT2D eigenvalue weighted by molar-refractivity contribution is 7.99. The predicted molar refractivity (Wildman–Crippen MR) is 329 cm³/mol. The van der Waals surface area contributed by atoms with Crippen LogP contribution in [0.25, 0.3) is 22.3 Å². The van der Waals surface area contributed by atoms with Crippen LogP contribution in [0, 0.1) is 17.8 Å². The lowest BCUT2D eigenvalue weighted by atomic mass is 9.48. The molecule has 9 aromatic rings. The molecule has 4 fully saturated rings. The van der Waals surface area contributed by atoms with Crippen molar-refractivity contribution in [1.29, 1.82) is 0 Å². The van der Waals surface area contributed by atoms with Crippen LogP contribution in [0.4, 0.5) is 17.1 Å². The van der Waals surface area contributed by atoms with Gasteiger partial charge >= 0.3 is 0 Å². The van der Waals surface area contributed by atoms with Gasteiger partial charge in [-0.15, -0.1) is 0 Å². The minimum absolute atomic E-state index is 0.145. The Hall–Kier alpha value is -6.96. The second-order valence-electron chi connectivity index (χ2n) is 22.6. The molecule has 0 amide bonds. The molecule has 8 aliphatic rings. The Labute approximate surface area is 473 Å². The Bertz CT molecular complexity index is 3710. The van der Waals surface area contributed by atoms with Gasteiger partial charge in [-0.2, -0.15) is 13.7 Å². The first-order chi connectivity index (χ1) is 38.5. The second-order valence-corrected chi connectivity index (χ2v) is 25.4. The molecule has 4 bridgehead atoms. The standard InChI is InChI=1S/C28H22NS.C24H26NS.C20H16NS/c1-28(24-15-7-5-13-22(24)23-14-6-8-16-25(23)28)26-17-9-10-20-18-29(19-30-27(20)26)21-11-3-2-4-12-21;1-2-6-21(7-3-1)25-15-20-5-4-8-22(23(20)26-16-25)24-12-17-9-18(13-24)11-19(10-17)14-24;1-3-8-16(9-4-1)19-13-7-10-17-14-21(15-22-20(17)19)18-11-5-2-6-12-18/h2-18H,19H2,1H3;1-8,15,17-19H,9-14,16H2;1-14H,15H2/q3*+1. The molecule has 382 valence electrons. The minimum Gasteiger partial charge on any atom is -0.188 e. The molecule has 78 heavy (non-hydrogen) atoms. The summed E-state index contributed by atoms with van der Waals surface area (Å²) in [6, 6.07) is 80.9. The Balaban J connectivity index is 0.000000107. The SMILES string of the molecule is C1=[N+](c2ccccc2)CSc2c1cccc2-c1ccccc1.C1=[N+](c2ccccc2)CSc2c1cccc2C12CC3CC(CC(C3)C1)C2.CC1(c2cccc3c2SC[N+](c2ccccc2)=C3)c2ccccc2-c2ccccc21. The van der Waals surface area contributed by atoms with Gasteiger partial charge < -0.3 is 0 Å². The number of para-hydroxylation sites is 3. The number of rotatable bonds is 6. The molecular weight excluding hydrogens is 1000 g/mol. The summed E-state index contributed by atoms with van der Waals surface area (Å²) in [7, 11) is 0. The molecule has 0 N–H and O–H groups in total. The first-order valence-corrected chi connectivity index (χ1v) is 31.0. The average Bonchev–Trinajstić information content (AvgIpc) is 3.97. The van der Waals surface area contributed by atoms with Crippen molar-refractivity contribution in [3.8, 4) is 22.3 Å². The van der Waals surface area contributed by atoms with Gasteiger partial charge in [-0.25, -0.2) is 0 Å². The molecule has 3 aliphatic heterocycles. The molecule has 4 saturated carbocycles. The van der Waals surface area contributed by atoms with Gasteiger partial charge in [0.2, 0.25) is 17.1 Å². The zero-order valence-corrected chi connectivity index (χ0v) is 46.7. The molecule has 6 heteroatoms. The van der Waals surface area contributed by atoms with Gasteiger partial charge in [0.1, 0.15) is 0 Å². The van der Waals surface area contributed by atoms with Gasteiger partial charge in [0.25, 0.3) is 0 Å². The highest BCUT2D eigenvalue weighted by Gasteiger charge is 2.52. The van der Waals surface area contributed by atoms with Crippen LogP contribution in [0.15, 0.2) is 239 Å². The van der Waals surface area contributed by atoms with Crippen LogP contribution in [0.5, 0.6) is 0 Å². The maximum atomic E-state index is 2.48. The monoisotopic (exact) mass is 1070 g/mol. The van der Waals surface area contributed by atoms with Crippen LogP contribution in [0.2, 0.25) is 0 Å². The molecule has 3 heterocycles. The molecule has 0 atom stereocenters. The molecule has 17 rings (SSSR count). The van der Waals surface area contributed by atoms with Crippen LogP contribution in [0.1, 0.15) is 84.4 Å². The smallest absolute Gasteiger partial charge is 0.188 e.